The molecule has 1 aromatic carbocycles. The third-order valence-corrected chi connectivity index (χ3v) is 3.67. The highest BCUT2D eigenvalue weighted by Gasteiger charge is 2.14. The standard InChI is InChI=1S/C15H12ClN3O3/c1-8-11(4-3-5-17-8)19-12-6-9(16)13(22-2)7-10(12)18-14(20)15(19)21/h3-7H,1-2H3,(H,18,20). The highest BCUT2D eigenvalue weighted by Crippen LogP contribution is 2.29. The van der Waals surface area contributed by atoms with Crippen LogP contribution in [-0.4, -0.2) is 21.6 Å². The quantitative estimate of drug-likeness (QED) is 0.734. The Morgan fingerprint density at radius 3 is 2.77 bits per heavy atom. The normalized spacial score (nSPS) is 10.9. The number of H-pyrrole nitrogens is 1. The summed E-state index contributed by atoms with van der Waals surface area (Å²) >= 11 is 6.15. The van der Waals surface area contributed by atoms with Crippen LogP contribution in [0.4, 0.5) is 0 Å². The Hall–Kier alpha value is -2.60. The number of fused-ring (bicyclic) bond motifs is 1. The van der Waals surface area contributed by atoms with E-state index in [0.29, 0.717) is 33.2 Å². The van der Waals surface area contributed by atoms with Crippen molar-refractivity contribution in [3.63, 3.8) is 0 Å². The van der Waals surface area contributed by atoms with Crippen LogP contribution >= 0.6 is 11.6 Å². The van der Waals surface area contributed by atoms with Crippen LogP contribution in [-0.2, 0) is 0 Å². The van der Waals surface area contributed by atoms with Gasteiger partial charge in [-0.25, -0.2) is 0 Å². The zero-order valence-corrected chi connectivity index (χ0v) is 12.6. The van der Waals surface area contributed by atoms with Crippen molar-refractivity contribution >= 4 is 22.6 Å². The minimum absolute atomic E-state index is 0.344. The Balaban J connectivity index is 2.51. The van der Waals surface area contributed by atoms with E-state index in [1.54, 1.807) is 37.4 Å². The topological polar surface area (TPSA) is 77.0 Å². The maximum Gasteiger partial charge on any atom is 0.321 e. The highest BCUT2D eigenvalue weighted by molar-refractivity contribution is 6.32. The molecule has 0 fully saturated rings. The number of rotatable bonds is 2. The van der Waals surface area contributed by atoms with Crippen molar-refractivity contribution in [1.82, 2.24) is 14.5 Å². The summed E-state index contributed by atoms with van der Waals surface area (Å²) < 4.78 is 6.45. The van der Waals surface area contributed by atoms with E-state index in [1.165, 1.54) is 11.7 Å². The summed E-state index contributed by atoms with van der Waals surface area (Å²) in [7, 11) is 1.48. The van der Waals surface area contributed by atoms with Gasteiger partial charge in [0.05, 0.1) is 34.5 Å². The lowest BCUT2D eigenvalue weighted by Gasteiger charge is -2.13. The lowest BCUT2D eigenvalue weighted by molar-refractivity contribution is 0.415. The summed E-state index contributed by atoms with van der Waals surface area (Å²) in [5.74, 6) is 0.415. The van der Waals surface area contributed by atoms with Gasteiger partial charge in [0, 0.05) is 12.3 Å². The number of pyridine rings is 1. The maximum absolute atomic E-state index is 12.3. The maximum atomic E-state index is 12.3. The van der Waals surface area contributed by atoms with Crippen LogP contribution in [0.2, 0.25) is 5.02 Å². The van der Waals surface area contributed by atoms with Crippen molar-refractivity contribution in [2.24, 2.45) is 0 Å². The monoisotopic (exact) mass is 317 g/mol. The van der Waals surface area contributed by atoms with E-state index in [2.05, 4.69) is 9.97 Å². The van der Waals surface area contributed by atoms with Crippen LogP contribution in [0.3, 0.4) is 0 Å². The van der Waals surface area contributed by atoms with E-state index in [4.69, 9.17) is 16.3 Å². The second-order valence-electron chi connectivity index (χ2n) is 4.71. The second kappa shape index (κ2) is 5.31. The van der Waals surface area contributed by atoms with Crippen molar-refractivity contribution in [2.75, 3.05) is 7.11 Å². The molecule has 0 radical (unpaired) electrons. The number of aryl methyl sites for hydroxylation is 1. The van der Waals surface area contributed by atoms with E-state index in [1.807, 2.05) is 0 Å². The average Bonchev–Trinajstić information content (AvgIpc) is 2.50. The molecule has 2 aromatic heterocycles. The van der Waals surface area contributed by atoms with E-state index >= 15 is 0 Å². The number of hydrogen-bond acceptors (Lipinski definition) is 4. The number of halogens is 1. The molecule has 0 aliphatic rings. The molecule has 1 N–H and O–H groups in total. The molecule has 0 unspecified atom stereocenters. The van der Waals surface area contributed by atoms with Crippen molar-refractivity contribution in [3.8, 4) is 11.4 Å². The van der Waals surface area contributed by atoms with E-state index in [-0.39, 0.29) is 0 Å². The number of aromatic nitrogens is 3. The Bertz CT molecular complexity index is 991. The number of benzene rings is 1. The van der Waals surface area contributed by atoms with Crippen LogP contribution in [0.25, 0.3) is 16.7 Å². The Morgan fingerprint density at radius 1 is 1.32 bits per heavy atom. The zero-order valence-electron chi connectivity index (χ0n) is 11.9. The molecule has 2 heterocycles. The third kappa shape index (κ3) is 2.17. The van der Waals surface area contributed by atoms with Crippen molar-refractivity contribution < 1.29 is 4.74 Å². The highest BCUT2D eigenvalue weighted by atomic mass is 35.5. The molecule has 7 heteroatoms. The van der Waals surface area contributed by atoms with E-state index in [0.717, 1.165) is 0 Å². The number of hydrogen-bond donors (Lipinski definition) is 1. The number of nitrogens with zero attached hydrogens (tertiary/aromatic N) is 2. The lowest BCUT2D eigenvalue weighted by atomic mass is 10.2. The molecule has 3 aromatic rings. The molecule has 112 valence electrons. The summed E-state index contributed by atoms with van der Waals surface area (Å²) in [6.45, 7) is 1.76. The van der Waals surface area contributed by atoms with Gasteiger partial charge in [-0.05, 0) is 25.1 Å². The predicted octanol–water partition coefficient (Wildman–Crippen LogP) is 2.04. The third-order valence-electron chi connectivity index (χ3n) is 3.38. The Labute approximate surface area is 130 Å². The van der Waals surface area contributed by atoms with Gasteiger partial charge in [0.15, 0.2) is 0 Å². The number of aromatic amines is 1. The molecule has 0 aliphatic carbocycles. The number of methoxy groups -OCH3 is 1. The first-order valence-corrected chi connectivity index (χ1v) is 6.85. The molecule has 3 rings (SSSR count). The van der Waals surface area contributed by atoms with Crippen molar-refractivity contribution in [2.45, 2.75) is 6.92 Å². The van der Waals surface area contributed by atoms with Crippen LogP contribution in [0.15, 0.2) is 40.1 Å². The summed E-state index contributed by atoms with van der Waals surface area (Å²) in [6, 6.07) is 6.59. The Kier molecular flexibility index (Phi) is 3.46. The smallest absolute Gasteiger partial charge is 0.321 e. The van der Waals surface area contributed by atoms with E-state index in [9.17, 15) is 9.59 Å². The van der Waals surface area contributed by atoms with Crippen molar-refractivity contribution in [1.29, 1.82) is 0 Å². The van der Waals surface area contributed by atoms with E-state index < -0.39 is 11.1 Å². The summed E-state index contributed by atoms with van der Waals surface area (Å²) in [5.41, 5.74) is 0.679. The molecular formula is C15H12ClN3O3. The molecule has 0 atom stereocenters. The molecule has 6 nitrogen and oxygen atoms in total. The van der Waals surface area contributed by atoms with Crippen molar-refractivity contribution in [3.05, 3.63) is 61.9 Å². The lowest BCUT2D eigenvalue weighted by Crippen LogP contribution is -2.35. The molecule has 0 saturated carbocycles. The van der Waals surface area contributed by atoms with Gasteiger partial charge >= 0.3 is 11.1 Å². The van der Waals surface area contributed by atoms with Gasteiger partial charge in [0.1, 0.15) is 5.75 Å². The van der Waals surface area contributed by atoms with Gasteiger partial charge < -0.3 is 9.72 Å². The number of ether oxygens (including phenoxy) is 1. The SMILES string of the molecule is COc1cc2[nH]c(=O)c(=O)n(-c3cccnc3C)c2cc1Cl. The number of nitrogens with one attached hydrogen (secondary N) is 1. The molecule has 0 bridgehead atoms. The van der Waals surface area contributed by atoms with Gasteiger partial charge in [-0.15, -0.1) is 0 Å². The fourth-order valence-corrected chi connectivity index (χ4v) is 2.56. The van der Waals surface area contributed by atoms with Crippen LogP contribution in [0.5, 0.6) is 5.75 Å². The summed E-state index contributed by atoms with van der Waals surface area (Å²) in [6.07, 6.45) is 1.62. The van der Waals surface area contributed by atoms with Crippen LogP contribution in [0.1, 0.15) is 5.69 Å². The molecule has 0 saturated heterocycles. The average molecular weight is 318 g/mol. The van der Waals surface area contributed by atoms with Gasteiger partial charge in [-0.3, -0.25) is 19.1 Å². The van der Waals surface area contributed by atoms with Crippen LogP contribution < -0.4 is 15.9 Å². The summed E-state index contributed by atoms with van der Waals surface area (Å²) in [4.78, 5) is 31.0. The minimum atomic E-state index is -0.722. The van der Waals surface area contributed by atoms with Gasteiger partial charge in [0.2, 0.25) is 0 Å². The molecule has 0 aliphatic heterocycles. The molecule has 22 heavy (non-hydrogen) atoms. The first-order chi connectivity index (χ1) is 10.5. The first kappa shape index (κ1) is 14.3. The van der Waals surface area contributed by atoms with Gasteiger partial charge in [-0.2, -0.15) is 0 Å². The predicted molar refractivity (Wildman–Crippen MR) is 84.3 cm³/mol. The molecule has 0 amide bonds. The fourth-order valence-electron chi connectivity index (χ4n) is 2.32. The largest absolute Gasteiger partial charge is 0.495 e. The molecular weight excluding hydrogens is 306 g/mol. The minimum Gasteiger partial charge on any atom is -0.495 e. The fraction of sp³-hybridized carbons (Fsp3) is 0.133. The Morgan fingerprint density at radius 2 is 2.09 bits per heavy atom. The second-order valence-corrected chi connectivity index (χ2v) is 5.11. The summed E-state index contributed by atoms with van der Waals surface area (Å²) in [5, 5.41) is 0.344. The first-order valence-electron chi connectivity index (χ1n) is 6.47. The molecule has 0 spiro atoms. The van der Waals surface area contributed by atoms with Crippen LogP contribution in [0, 0.1) is 6.92 Å². The zero-order chi connectivity index (χ0) is 15.9. The van der Waals surface area contributed by atoms with Gasteiger partial charge in [0.25, 0.3) is 0 Å². The van der Waals surface area contributed by atoms with Gasteiger partial charge in [-0.1, -0.05) is 11.6 Å².